The van der Waals surface area contributed by atoms with Gasteiger partial charge in [-0.3, -0.25) is 0 Å². The Kier molecular flexibility index (Phi) is 3.50. The van der Waals surface area contributed by atoms with Gasteiger partial charge in [-0.2, -0.15) is 0 Å². The van der Waals surface area contributed by atoms with E-state index in [-0.39, 0.29) is 5.97 Å². The monoisotopic (exact) mass is 227 g/mol. The third-order valence-electron chi connectivity index (χ3n) is 1.73. The molecule has 0 fully saturated rings. The zero-order valence-corrected chi connectivity index (χ0v) is 10.7. The van der Waals surface area contributed by atoms with Crippen LogP contribution in [0.4, 0.5) is 0 Å². The van der Waals surface area contributed by atoms with Crippen molar-refractivity contribution >= 4 is 17.3 Å². The summed E-state index contributed by atoms with van der Waals surface area (Å²) < 4.78 is 5.29. The fraction of sp³-hybridized carbons (Fsp3) is 0.636. The first-order valence-corrected chi connectivity index (χ1v) is 5.84. The van der Waals surface area contributed by atoms with Crippen molar-refractivity contribution in [2.45, 2.75) is 46.6 Å². The Morgan fingerprint density at radius 2 is 2.07 bits per heavy atom. The van der Waals surface area contributed by atoms with Gasteiger partial charge in [0.25, 0.3) is 0 Å². The number of ether oxygens (including phenoxy) is 1. The zero-order valence-electron chi connectivity index (χ0n) is 9.88. The molecule has 0 radical (unpaired) electrons. The van der Waals surface area contributed by atoms with Gasteiger partial charge in [0.05, 0.1) is 10.7 Å². The molecule has 0 aliphatic rings. The van der Waals surface area contributed by atoms with Crippen LogP contribution in [0.3, 0.4) is 0 Å². The van der Waals surface area contributed by atoms with Gasteiger partial charge in [0, 0.05) is 0 Å². The highest BCUT2D eigenvalue weighted by Crippen LogP contribution is 2.21. The molecule has 1 aromatic rings. The van der Waals surface area contributed by atoms with Crippen LogP contribution in [0, 0.1) is 6.92 Å². The number of carbonyl (C=O) groups excluding carboxylic acids is 1. The van der Waals surface area contributed by atoms with E-state index in [2.05, 4.69) is 4.98 Å². The Morgan fingerprint density at radius 1 is 1.47 bits per heavy atom. The summed E-state index contributed by atoms with van der Waals surface area (Å²) in [6.07, 6.45) is 0.855. The molecule has 3 nitrogen and oxygen atoms in total. The number of aryl methyl sites for hydroxylation is 2. The molecule has 84 valence electrons. The van der Waals surface area contributed by atoms with Crippen LogP contribution in [-0.2, 0) is 11.2 Å². The van der Waals surface area contributed by atoms with Crippen molar-refractivity contribution in [3.05, 3.63) is 15.6 Å². The summed E-state index contributed by atoms with van der Waals surface area (Å²) in [5.41, 5.74) is 0.325. The van der Waals surface area contributed by atoms with Crippen LogP contribution in [0.15, 0.2) is 0 Å². The van der Waals surface area contributed by atoms with Crippen LogP contribution < -0.4 is 0 Å². The molecule has 1 rings (SSSR count). The number of rotatable bonds is 2. The van der Waals surface area contributed by atoms with Crippen LogP contribution in [0.1, 0.15) is 48.1 Å². The number of thiazole rings is 1. The summed E-state index contributed by atoms with van der Waals surface area (Å²) in [7, 11) is 0. The van der Waals surface area contributed by atoms with Gasteiger partial charge in [0.2, 0.25) is 0 Å². The van der Waals surface area contributed by atoms with Crippen molar-refractivity contribution in [1.29, 1.82) is 0 Å². The molecule has 0 atom stereocenters. The van der Waals surface area contributed by atoms with E-state index < -0.39 is 5.60 Å². The van der Waals surface area contributed by atoms with E-state index in [4.69, 9.17) is 4.74 Å². The van der Waals surface area contributed by atoms with E-state index in [0.717, 1.165) is 17.1 Å². The van der Waals surface area contributed by atoms with E-state index in [1.54, 1.807) is 0 Å². The molecule has 0 aliphatic carbocycles. The second kappa shape index (κ2) is 4.31. The molecular weight excluding hydrogens is 210 g/mol. The van der Waals surface area contributed by atoms with Crippen LogP contribution in [0.25, 0.3) is 0 Å². The van der Waals surface area contributed by atoms with Crippen LogP contribution in [0.5, 0.6) is 0 Å². The van der Waals surface area contributed by atoms with E-state index >= 15 is 0 Å². The molecule has 0 N–H and O–H groups in total. The summed E-state index contributed by atoms with van der Waals surface area (Å²) in [5, 5.41) is 0.980. The number of esters is 1. The quantitative estimate of drug-likeness (QED) is 0.729. The third kappa shape index (κ3) is 3.30. The molecule has 0 saturated carbocycles. The topological polar surface area (TPSA) is 39.2 Å². The highest BCUT2D eigenvalue weighted by atomic mass is 32.1. The van der Waals surface area contributed by atoms with Crippen LogP contribution >= 0.6 is 11.3 Å². The van der Waals surface area contributed by atoms with Crippen molar-refractivity contribution in [3.8, 4) is 0 Å². The lowest BCUT2D eigenvalue weighted by Crippen LogP contribution is -2.23. The summed E-state index contributed by atoms with van der Waals surface area (Å²) in [6, 6.07) is 0. The molecule has 0 unspecified atom stereocenters. The minimum Gasteiger partial charge on any atom is -0.456 e. The zero-order chi connectivity index (χ0) is 11.6. The lowest BCUT2D eigenvalue weighted by atomic mass is 10.2. The maximum atomic E-state index is 11.8. The smallest absolute Gasteiger partial charge is 0.350 e. The SMILES string of the molecule is CCc1nc(C)c(C(=O)OC(C)(C)C)s1. The van der Waals surface area contributed by atoms with Crippen molar-refractivity contribution in [3.63, 3.8) is 0 Å². The fourth-order valence-corrected chi connectivity index (χ4v) is 2.00. The number of hydrogen-bond donors (Lipinski definition) is 0. The van der Waals surface area contributed by atoms with Crippen molar-refractivity contribution < 1.29 is 9.53 Å². The lowest BCUT2D eigenvalue weighted by Gasteiger charge is -2.18. The van der Waals surface area contributed by atoms with Gasteiger partial charge in [-0.25, -0.2) is 9.78 Å². The summed E-state index contributed by atoms with van der Waals surface area (Å²) >= 11 is 1.42. The number of aromatic nitrogens is 1. The summed E-state index contributed by atoms with van der Waals surface area (Å²) in [4.78, 5) is 16.7. The predicted molar refractivity (Wildman–Crippen MR) is 61.4 cm³/mol. The number of carbonyl (C=O) groups is 1. The largest absolute Gasteiger partial charge is 0.456 e. The van der Waals surface area contributed by atoms with Gasteiger partial charge >= 0.3 is 5.97 Å². The maximum Gasteiger partial charge on any atom is 0.350 e. The molecule has 0 amide bonds. The molecule has 0 aromatic carbocycles. The van der Waals surface area contributed by atoms with Crippen molar-refractivity contribution in [1.82, 2.24) is 4.98 Å². The highest BCUT2D eigenvalue weighted by Gasteiger charge is 2.21. The molecule has 0 bridgehead atoms. The average molecular weight is 227 g/mol. The van der Waals surface area contributed by atoms with Crippen LogP contribution in [0.2, 0.25) is 0 Å². The van der Waals surface area contributed by atoms with E-state index in [1.165, 1.54) is 11.3 Å². The van der Waals surface area contributed by atoms with Crippen LogP contribution in [-0.4, -0.2) is 16.6 Å². The van der Waals surface area contributed by atoms with Crippen molar-refractivity contribution in [2.75, 3.05) is 0 Å². The Balaban J connectivity index is 2.87. The number of nitrogens with zero attached hydrogens (tertiary/aromatic N) is 1. The molecular formula is C11H17NO2S. The first-order valence-electron chi connectivity index (χ1n) is 5.03. The Morgan fingerprint density at radius 3 is 2.47 bits per heavy atom. The molecule has 4 heteroatoms. The minimum absolute atomic E-state index is 0.266. The van der Waals surface area contributed by atoms with Gasteiger partial charge in [-0.1, -0.05) is 6.92 Å². The van der Waals surface area contributed by atoms with E-state index in [1.807, 2.05) is 34.6 Å². The molecule has 0 spiro atoms. The first-order chi connectivity index (χ1) is 6.83. The Hall–Kier alpha value is -0.900. The molecule has 1 heterocycles. The first kappa shape index (κ1) is 12.2. The standard InChI is InChI=1S/C11H17NO2S/c1-6-8-12-7(2)9(15-8)10(13)14-11(3,4)5/h6H2,1-5H3. The lowest BCUT2D eigenvalue weighted by molar-refractivity contribution is 0.00742. The second-order valence-electron chi connectivity index (χ2n) is 4.38. The molecule has 0 saturated heterocycles. The summed E-state index contributed by atoms with van der Waals surface area (Å²) in [5.74, 6) is -0.266. The molecule has 0 aliphatic heterocycles. The number of hydrogen-bond acceptors (Lipinski definition) is 4. The maximum absolute atomic E-state index is 11.8. The van der Waals surface area contributed by atoms with Gasteiger partial charge in [-0.05, 0) is 34.1 Å². The van der Waals surface area contributed by atoms with Gasteiger partial charge in [-0.15, -0.1) is 11.3 Å². The second-order valence-corrected chi connectivity index (χ2v) is 5.46. The molecule has 1 aromatic heterocycles. The normalized spacial score (nSPS) is 11.5. The summed E-state index contributed by atoms with van der Waals surface area (Å²) in [6.45, 7) is 9.46. The highest BCUT2D eigenvalue weighted by molar-refractivity contribution is 7.13. The van der Waals surface area contributed by atoms with E-state index in [9.17, 15) is 4.79 Å². The Labute approximate surface area is 94.5 Å². The molecule has 15 heavy (non-hydrogen) atoms. The third-order valence-corrected chi connectivity index (χ3v) is 3.01. The predicted octanol–water partition coefficient (Wildman–Crippen LogP) is 2.97. The van der Waals surface area contributed by atoms with Gasteiger partial charge in [0.15, 0.2) is 0 Å². The average Bonchev–Trinajstić information content (AvgIpc) is 2.43. The van der Waals surface area contributed by atoms with Gasteiger partial charge in [0.1, 0.15) is 10.5 Å². The fourth-order valence-electron chi connectivity index (χ4n) is 1.12. The van der Waals surface area contributed by atoms with Gasteiger partial charge < -0.3 is 4.74 Å². The van der Waals surface area contributed by atoms with E-state index in [0.29, 0.717) is 4.88 Å². The van der Waals surface area contributed by atoms with Crippen molar-refractivity contribution in [2.24, 2.45) is 0 Å². The minimum atomic E-state index is -0.445. The Bertz CT molecular complexity index is 363.